The van der Waals surface area contributed by atoms with Crippen LogP contribution in [-0.4, -0.2) is 126 Å². The SMILES string of the molecule is CCCCCCCCC(O)C(=O)C(C(=O)O)(C(O)CCCCCCC)[C@@H]1O[C@@H](C)[C@H](O)[C@@H](O)[C@H]1O[C@@H]1O[C@@H](C)[C@H](O)[C@@H](O)[C@H]1O. The lowest BCUT2D eigenvalue weighted by molar-refractivity contribution is -0.343. The van der Waals surface area contributed by atoms with Crippen molar-refractivity contribution in [3.05, 3.63) is 0 Å². The number of ether oxygens (including phenoxy) is 3. The molecule has 8 N–H and O–H groups in total. The fourth-order valence-electron chi connectivity index (χ4n) is 6.40. The van der Waals surface area contributed by atoms with Crippen LogP contribution in [0.2, 0.25) is 0 Å². The van der Waals surface area contributed by atoms with Gasteiger partial charge in [0.15, 0.2) is 17.5 Å². The van der Waals surface area contributed by atoms with Crippen LogP contribution in [-0.2, 0) is 23.8 Å². The van der Waals surface area contributed by atoms with Crippen molar-refractivity contribution in [1.29, 1.82) is 0 Å². The number of aliphatic carboxylic acids is 1. The molecule has 264 valence electrons. The van der Waals surface area contributed by atoms with E-state index in [9.17, 15) is 50.4 Å². The minimum atomic E-state index is -2.85. The molecule has 3 unspecified atom stereocenters. The number of rotatable bonds is 20. The van der Waals surface area contributed by atoms with Crippen LogP contribution in [0.1, 0.15) is 111 Å². The third-order valence-corrected chi connectivity index (χ3v) is 9.38. The Bertz CT molecular complexity index is 889. The maximum Gasteiger partial charge on any atom is 0.322 e. The van der Waals surface area contributed by atoms with Gasteiger partial charge in [-0.2, -0.15) is 0 Å². The van der Waals surface area contributed by atoms with E-state index in [0.29, 0.717) is 25.7 Å². The molecule has 13 nitrogen and oxygen atoms in total. The first-order chi connectivity index (χ1) is 21.3. The average molecular weight is 651 g/mol. The smallest absolute Gasteiger partial charge is 0.322 e. The summed E-state index contributed by atoms with van der Waals surface area (Å²) in [7, 11) is 0. The van der Waals surface area contributed by atoms with E-state index in [0.717, 1.165) is 44.9 Å². The van der Waals surface area contributed by atoms with E-state index in [1.54, 1.807) is 0 Å². The number of Topliss-reactive ketones (excluding diaryl/α,β-unsaturated/α-hetero) is 1. The molecule has 0 spiro atoms. The first kappa shape index (κ1) is 39.9. The Balaban J connectivity index is 2.51. The third kappa shape index (κ3) is 9.65. The molecule has 45 heavy (non-hydrogen) atoms. The second-order valence-electron chi connectivity index (χ2n) is 12.9. The number of carboxylic acids is 1. The third-order valence-electron chi connectivity index (χ3n) is 9.38. The lowest BCUT2D eigenvalue weighted by Crippen LogP contribution is -2.71. The first-order valence-corrected chi connectivity index (χ1v) is 16.8. The van der Waals surface area contributed by atoms with Gasteiger partial charge >= 0.3 is 5.97 Å². The first-order valence-electron chi connectivity index (χ1n) is 16.8. The van der Waals surface area contributed by atoms with Gasteiger partial charge in [-0.3, -0.25) is 9.59 Å². The van der Waals surface area contributed by atoms with Gasteiger partial charge in [0.25, 0.3) is 0 Å². The number of unbranched alkanes of at least 4 members (excludes halogenated alkanes) is 9. The maximum absolute atomic E-state index is 14.2. The van der Waals surface area contributed by atoms with Crippen molar-refractivity contribution >= 4 is 11.8 Å². The number of carboxylic acid groups (broad SMARTS) is 1. The van der Waals surface area contributed by atoms with Gasteiger partial charge < -0.3 is 55.1 Å². The van der Waals surface area contributed by atoms with Crippen LogP contribution in [0.5, 0.6) is 0 Å². The Morgan fingerprint density at radius 3 is 1.73 bits per heavy atom. The van der Waals surface area contributed by atoms with Crippen LogP contribution in [0.15, 0.2) is 0 Å². The summed E-state index contributed by atoms with van der Waals surface area (Å²) in [6, 6.07) is 0. The van der Waals surface area contributed by atoms with E-state index in [-0.39, 0.29) is 12.8 Å². The second kappa shape index (κ2) is 18.9. The van der Waals surface area contributed by atoms with E-state index in [1.807, 2.05) is 6.92 Å². The maximum atomic E-state index is 14.2. The highest BCUT2D eigenvalue weighted by atomic mass is 16.7. The molecule has 2 fully saturated rings. The van der Waals surface area contributed by atoms with Crippen molar-refractivity contribution in [2.24, 2.45) is 5.41 Å². The Kier molecular flexibility index (Phi) is 16.8. The minimum Gasteiger partial charge on any atom is -0.480 e. The molecular formula is C32H58O13. The summed E-state index contributed by atoms with van der Waals surface area (Å²) >= 11 is 0. The van der Waals surface area contributed by atoms with Crippen LogP contribution in [0.25, 0.3) is 0 Å². The quantitative estimate of drug-likeness (QED) is 0.0686. The normalized spacial score (nSPS) is 35.0. The highest BCUT2D eigenvalue weighted by Crippen LogP contribution is 2.43. The summed E-state index contributed by atoms with van der Waals surface area (Å²) in [5.41, 5.74) is -2.85. The summed E-state index contributed by atoms with van der Waals surface area (Å²) in [5, 5.41) is 86.4. The zero-order valence-corrected chi connectivity index (χ0v) is 27.2. The number of ketones is 1. The highest BCUT2D eigenvalue weighted by molar-refractivity contribution is 6.06. The van der Waals surface area contributed by atoms with Gasteiger partial charge in [-0.05, 0) is 26.7 Å². The van der Waals surface area contributed by atoms with Gasteiger partial charge in [-0.1, -0.05) is 84.5 Å². The zero-order chi connectivity index (χ0) is 33.9. The fraction of sp³-hybridized carbons (Fsp3) is 0.938. The molecule has 0 amide bonds. The molecule has 0 aliphatic carbocycles. The van der Waals surface area contributed by atoms with E-state index >= 15 is 0 Å². The molecule has 0 radical (unpaired) electrons. The molecule has 0 aromatic carbocycles. The van der Waals surface area contributed by atoms with Crippen molar-refractivity contribution in [2.75, 3.05) is 0 Å². The molecule has 0 aromatic rings. The Morgan fingerprint density at radius 1 is 0.689 bits per heavy atom. The molecule has 2 aliphatic rings. The summed E-state index contributed by atoms with van der Waals surface area (Å²) in [6.07, 6.45) is -11.6. The Hall–Kier alpha value is -1.26. The lowest BCUT2D eigenvalue weighted by Gasteiger charge is -2.51. The zero-order valence-electron chi connectivity index (χ0n) is 27.2. The summed E-state index contributed by atoms with van der Waals surface area (Å²) in [5.74, 6) is -3.02. The molecule has 2 aliphatic heterocycles. The average Bonchev–Trinajstić information content (AvgIpc) is 3.00. The van der Waals surface area contributed by atoms with Crippen molar-refractivity contribution in [3.63, 3.8) is 0 Å². The van der Waals surface area contributed by atoms with Crippen molar-refractivity contribution in [1.82, 2.24) is 0 Å². The van der Waals surface area contributed by atoms with Gasteiger partial charge in [0, 0.05) is 0 Å². The molecule has 2 saturated heterocycles. The molecule has 13 heteroatoms. The van der Waals surface area contributed by atoms with Gasteiger partial charge in [0.1, 0.15) is 48.8 Å². The summed E-state index contributed by atoms with van der Waals surface area (Å²) in [6.45, 7) is 6.86. The Labute approximate surface area is 266 Å². The predicted molar refractivity (Wildman–Crippen MR) is 162 cm³/mol. The molecule has 2 rings (SSSR count). The van der Waals surface area contributed by atoms with Gasteiger partial charge in [0.2, 0.25) is 0 Å². The molecular weight excluding hydrogens is 592 g/mol. The van der Waals surface area contributed by atoms with Gasteiger partial charge in [-0.15, -0.1) is 0 Å². The summed E-state index contributed by atoms with van der Waals surface area (Å²) < 4.78 is 17.2. The highest BCUT2D eigenvalue weighted by Gasteiger charge is 2.66. The Morgan fingerprint density at radius 2 is 1.18 bits per heavy atom. The molecule has 2 heterocycles. The van der Waals surface area contributed by atoms with Crippen molar-refractivity contribution in [3.8, 4) is 0 Å². The van der Waals surface area contributed by atoms with Crippen LogP contribution in [0.3, 0.4) is 0 Å². The number of aliphatic hydroxyl groups is 7. The number of carbonyl (C=O) groups is 2. The number of hydrogen-bond donors (Lipinski definition) is 8. The van der Waals surface area contributed by atoms with Crippen LogP contribution in [0.4, 0.5) is 0 Å². The van der Waals surface area contributed by atoms with E-state index < -0.39 is 90.6 Å². The van der Waals surface area contributed by atoms with Gasteiger partial charge in [-0.25, -0.2) is 0 Å². The monoisotopic (exact) mass is 650 g/mol. The van der Waals surface area contributed by atoms with E-state index in [2.05, 4.69) is 6.92 Å². The fourth-order valence-corrected chi connectivity index (χ4v) is 6.40. The topological polar surface area (TPSA) is 224 Å². The molecule has 13 atom stereocenters. The number of aliphatic hydroxyl groups excluding tert-OH is 7. The molecule has 0 saturated carbocycles. The predicted octanol–water partition coefficient (Wildman–Crippen LogP) is 1.18. The van der Waals surface area contributed by atoms with Crippen LogP contribution in [0, 0.1) is 5.41 Å². The molecule has 0 aromatic heterocycles. The van der Waals surface area contributed by atoms with Crippen molar-refractivity contribution in [2.45, 2.75) is 185 Å². The van der Waals surface area contributed by atoms with Crippen LogP contribution >= 0.6 is 0 Å². The van der Waals surface area contributed by atoms with Crippen molar-refractivity contribution < 1.29 is 64.7 Å². The molecule has 0 bridgehead atoms. The van der Waals surface area contributed by atoms with Gasteiger partial charge in [0.05, 0.1) is 18.3 Å². The lowest BCUT2D eigenvalue weighted by atomic mass is 9.66. The minimum absolute atomic E-state index is 0.0613. The van der Waals surface area contributed by atoms with Crippen LogP contribution < -0.4 is 0 Å². The largest absolute Gasteiger partial charge is 0.480 e. The van der Waals surface area contributed by atoms with E-state index in [4.69, 9.17) is 14.2 Å². The second-order valence-corrected chi connectivity index (χ2v) is 12.9. The summed E-state index contributed by atoms with van der Waals surface area (Å²) in [4.78, 5) is 27.5. The standard InChI is InChI=1S/C32H58O13/c1-5-7-9-11-13-14-16-20(33)28(40)32(31(41)42,21(34)17-15-12-10-8-6-2)29-27(25(38)23(36)18(3)43-29)45-30-26(39)24(37)22(35)19(4)44-30/h18-27,29-30,33-39H,5-17H2,1-4H3,(H,41,42)/t18-,19-,20?,21?,22-,23-,24+,25+,26+,27+,29+,30-,32?/m0/s1. The van der Waals surface area contributed by atoms with E-state index in [1.165, 1.54) is 13.8 Å². The number of hydrogen-bond acceptors (Lipinski definition) is 12. The number of carbonyl (C=O) groups excluding carboxylic acids is 1.